The van der Waals surface area contributed by atoms with Crippen LogP contribution in [-0.4, -0.2) is 5.78 Å². The van der Waals surface area contributed by atoms with Gasteiger partial charge in [-0.2, -0.15) is 0 Å². The van der Waals surface area contributed by atoms with E-state index in [-0.39, 0.29) is 11.7 Å². The Hall–Kier alpha value is -1.41. The summed E-state index contributed by atoms with van der Waals surface area (Å²) in [6, 6.07) is 12.0. The standard InChI is InChI=1S/C15H16OS/c1-3-14(12-7-5-4-6-8-12)15(16)13-9-11(2)17-10-13/h4-10,14H,3H2,1-2H3. The fourth-order valence-electron chi connectivity index (χ4n) is 2.03. The molecule has 0 spiro atoms. The Morgan fingerprint density at radius 1 is 1.29 bits per heavy atom. The minimum Gasteiger partial charge on any atom is -0.293 e. The highest BCUT2D eigenvalue weighted by Gasteiger charge is 2.20. The van der Waals surface area contributed by atoms with Crippen LogP contribution < -0.4 is 0 Å². The van der Waals surface area contributed by atoms with Crippen LogP contribution in [-0.2, 0) is 0 Å². The van der Waals surface area contributed by atoms with E-state index in [0.717, 1.165) is 17.5 Å². The third-order valence-corrected chi connectivity index (χ3v) is 3.80. The number of aryl methyl sites for hydroxylation is 1. The van der Waals surface area contributed by atoms with Crippen LogP contribution in [0.2, 0.25) is 0 Å². The Balaban J connectivity index is 2.28. The lowest BCUT2D eigenvalue weighted by Gasteiger charge is -2.13. The zero-order valence-corrected chi connectivity index (χ0v) is 11.0. The van der Waals surface area contributed by atoms with Crippen molar-refractivity contribution in [3.8, 4) is 0 Å². The maximum atomic E-state index is 12.4. The first-order valence-corrected chi connectivity index (χ1v) is 6.74. The molecule has 0 aliphatic heterocycles. The highest BCUT2D eigenvalue weighted by Crippen LogP contribution is 2.26. The molecule has 0 aliphatic carbocycles. The molecule has 2 aromatic rings. The lowest BCUT2D eigenvalue weighted by atomic mass is 9.89. The van der Waals surface area contributed by atoms with Crippen LogP contribution in [0.3, 0.4) is 0 Å². The van der Waals surface area contributed by atoms with E-state index in [1.807, 2.05) is 48.7 Å². The molecule has 0 saturated heterocycles. The van der Waals surface area contributed by atoms with Gasteiger partial charge in [-0.3, -0.25) is 4.79 Å². The van der Waals surface area contributed by atoms with Crippen molar-refractivity contribution in [2.24, 2.45) is 0 Å². The van der Waals surface area contributed by atoms with Gasteiger partial charge in [-0.05, 0) is 25.0 Å². The van der Waals surface area contributed by atoms with Gasteiger partial charge in [0.1, 0.15) is 0 Å². The number of thiophene rings is 1. The molecular formula is C15H16OS. The number of hydrogen-bond acceptors (Lipinski definition) is 2. The first-order valence-electron chi connectivity index (χ1n) is 5.86. The fraction of sp³-hybridized carbons (Fsp3) is 0.267. The Bertz CT molecular complexity index is 499. The second-order valence-corrected chi connectivity index (χ2v) is 5.30. The van der Waals surface area contributed by atoms with Gasteiger partial charge in [-0.15, -0.1) is 11.3 Å². The van der Waals surface area contributed by atoms with E-state index in [0.29, 0.717) is 0 Å². The normalized spacial score (nSPS) is 12.4. The monoisotopic (exact) mass is 244 g/mol. The van der Waals surface area contributed by atoms with Crippen LogP contribution in [0.4, 0.5) is 0 Å². The minimum absolute atomic E-state index is 0.00907. The molecule has 0 amide bonds. The van der Waals surface area contributed by atoms with Crippen LogP contribution in [0, 0.1) is 6.92 Å². The average Bonchev–Trinajstić information content (AvgIpc) is 2.78. The van der Waals surface area contributed by atoms with Gasteiger partial charge in [0.15, 0.2) is 5.78 Å². The maximum absolute atomic E-state index is 12.4. The molecule has 0 radical (unpaired) electrons. The average molecular weight is 244 g/mol. The van der Waals surface area contributed by atoms with E-state index in [1.165, 1.54) is 4.88 Å². The van der Waals surface area contributed by atoms with E-state index in [2.05, 4.69) is 6.92 Å². The highest BCUT2D eigenvalue weighted by atomic mass is 32.1. The molecule has 1 heterocycles. The second kappa shape index (κ2) is 5.28. The topological polar surface area (TPSA) is 17.1 Å². The van der Waals surface area contributed by atoms with Crippen molar-refractivity contribution in [3.63, 3.8) is 0 Å². The molecule has 1 atom stereocenters. The smallest absolute Gasteiger partial charge is 0.171 e. The predicted molar refractivity (Wildman–Crippen MR) is 72.9 cm³/mol. The number of carbonyl (C=O) groups excluding carboxylic acids is 1. The predicted octanol–water partition coefficient (Wildman–Crippen LogP) is 4.43. The summed E-state index contributed by atoms with van der Waals surface area (Å²) in [6.45, 7) is 4.10. The van der Waals surface area contributed by atoms with Gasteiger partial charge in [0.2, 0.25) is 0 Å². The Morgan fingerprint density at radius 3 is 2.53 bits per heavy atom. The largest absolute Gasteiger partial charge is 0.293 e. The van der Waals surface area contributed by atoms with Crippen LogP contribution in [0.5, 0.6) is 0 Å². The Morgan fingerprint density at radius 2 is 2.00 bits per heavy atom. The molecule has 1 nitrogen and oxygen atoms in total. The van der Waals surface area contributed by atoms with Crippen LogP contribution in [0.15, 0.2) is 41.8 Å². The lowest BCUT2D eigenvalue weighted by Crippen LogP contribution is -2.11. The third-order valence-electron chi connectivity index (χ3n) is 2.94. The summed E-state index contributed by atoms with van der Waals surface area (Å²) < 4.78 is 0. The first-order chi connectivity index (χ1) is 8.22. The fourth-order valence-corrected chi connectivity index (χ4v) is 2.72. The Labute approximate surface area is 106 Å². The number of ketones is 1. The first kappa shape index (κ1) is 12.1. The lowest BCUT2D eigenvalue weighted by molar-refractivity contribution is 0.0957. The van der Waals surface area contributed by atoms with Crippen molar-refractivity contribution in [2.45, 2.75) is 26.2 Å². The van der Waals surface area contributed by atoms with Gasteiger partial charge in [-0.25, -0.2) is 0 Å². The van der Waals surface area contributed by atoms with Crippen molar-refractivity contribution in [1.82, 2.24) is 0 Å². The Kier molecular flexibility index (Phi) is 3.75. The van der Waals surface area contributed by atoms with E-state index >= 15 is 0 Å². The van der Waals surface area contributed by atoms with Gasteiger partial charge in [0.25, 0.3) is 0 Å². The van der Waals surface area contributed by atoms with Crippen molar-refractivity contribution in [2.75, 3.05) is 0 Å². The van der Waals surface area contributed by atoms with Gasteiger partial charge < -0.3 is 0 Å². The summed E-state index contributed by atoms with van der Waals surface area (Å²) in [4.78, 5) is 13.6. The molecule has 0 bridgehead atoms. The minimum atomic E-state index is -0.00907. The number of hydrogen-bond donors (Lipinski definition) is 0. The van der Waals surface area contributed by atoms with Gasteiger partial charge >= 0.3 is 0 Å². The molecule has 0 N–H and O–H groups in total. The molecule has 2 heteroatoms. The van der Waals surface area contributed by atoms with E-state index in [4.69, 9.17) is 0 Å². The number of benzene rings is 1. The molecule has 0 fully saturated rings. The zero-order valence-electron chi connectivity index (χ0n) is 10.1. The summed E-state index contributed by atoms with van der Waals surface area (Å²) in [6.07, 6.45) is 0.845. The van der Waals surface area contributed by atoms with Crippen molar-refractivity contribution in [1.29, 1.82) is 0 Å². The number of Topliss-reactive ketones (excluding diaryl/α,β-unsaturated/α-hetero) is 1. The van der Waals surface area contributed by atoms with Crippen LogP contribution >= 0.6 is 11.3 Å². The van der Waals surface area contributed by atoms with Crippen molar-refractivity contribution >= 4 is 17.1 Å². The van der Waals surface area contributed by atoms with Gasteiger partial charge in [-0.1, -0.05) is 37.3 Å². The molecule has 0 aliphatic rings. The van der Waals surface area contributed by atoms with Crippen molar-refractivity contribution < 1.29 is 4.79 Å². The summed E-state index contributed by atoms with van der Waals surface area (Å²) in [5.74, 6) is 0.230. The molecule has 0 saturated carbocycles. The van der Waals surface area contributed by atoms with Crippen molar-refractivity contribution in [3.05, 3.63) is 57.8 Å². The quantitative estimate of drug-likeness (QED) is 0.727. The molecule has 1 unspecified atom stereocenters. The van der Waals surface area contributed by atoms with E-state index in [1.54, 1.807) is 11.3 Å². The van der Waals surface area contributed by atoms with Crippen LogP contribution in [0.25, 0.3) is 0 Å². The molecule has 2 rings (SSSR count). The van der Waals surface area contributed by atoms with Gasteiger partial charge in [0.05, 0.1) is 0 Å². The summed E-state index contributed by atoms with van der Waals surface area (Å²) in [5, 5.41) is 1.96. The molecule has 1 aromatic heterocycles. The molecular weight excluding hydrogens is 228 g/mol. The van der Waals surface area contributed by atoms with Gasteiger partial charge in [0, 0.05) is 21.7 Å². The highest BCUT2D eigenvalue weighted by molar-refractivity contribution is 7.10. The van der Waals surface area contributed by atoms with E-state index in [9.17, 15) is 4.79 Å². The summed E-state index contributed by atoms with van der Waals surface area (Å²) >= 11 is 1.63. The number of carbonyl (C=O) groups is 1. The molecule has 88 valence electrons. The molecule has 1 aromatic carbocycles. The number of rotatable bonds is 4. The van der Waals surface area contributed by atoms with E-state index < -0.39 is 0 Å². The summed E-state index contributed by atoms with van der Waals surface area (Å²) in [7, 11) is 0. The SMILES string of the molecule is CCC(C(=O)c1csc(C)c1)c1ccccc1. The van der Waals surface area contributed by atoms with Crippen LogP contribution in [0.1, 0.15) is 40.1 Å². The third kappa shape index (κ3) is 2.64. The maximum Gasteiger partial charge on any atom is 0.171 e. The summed E-state index contributed by atoms with van der Waals surface area (Å²) in [5.41, 5.74) is 1.96. The molecule has 17 heavy (non-hydrogen) atoms. The zero-order chi connectivity index (χ0) is 12.3. The second-order valence-electron chi connectivity index (χ2n) is 4.18.